The first-order chi connectivity index (χ1) is 6.20. The van der Waals surface area contributed by atoms with Crippen molar-refractivity contribution in [1.29, 1.82) is 0 Å². The summed E-state index contributed by atoms with van der Waals surface area (Å²) in [4.78, 5) is 10.6. The Morgan fingerprint density at radius 3 is 2.77 bits per heavy atom. The van der Waals surface area contributed by atoms with E-state index in [9.17, 15) is 4.79 Å². The van der Waals surface area contributed by atoms with Gasteiger partial charge in [0.25, 0.3) is 0 Å². The van der Waals surface area contributed by atoms with Crippen molar-refractivity contribution in [2.45, 2.75) is 26.3 Å². The summed E-state index contributed by atoms with van der Waals surface area (Å²) in [5, 5.41) is 7.63. The molecular weight excluding hydrogens is 166 g/mol. The minimum absolute atomic E-state index is 0.246. The first-order valence-corrected chi connectivity index (χ1v) is 4.20. The van der Waals surface area contributed by atoms with Gasteiger partial charge in [0.1, 0.15) is 5.69 Å². The second-order valence-corrected chi connectivity index (χ2v) is 3.10. The van der Waals surface area contributed by atoms with Gasteiger partial charge in [-0.2, -0.15) is 0 Å². The first-order valence-electron chi connectivity index (χ1n) is 4.20. The van der Waals surface area contributed by atoms with E-state index in [-0.39, 0.29) is 5.92 Å². The van der Waals surface area contributed by atoms with Gasteiger partial charge in [-0.05, 0) is 5.92 Å². The van der Waals surface area contributed by atoms with E-state index in [4.69, 9.17) is 0 Å². The van der Waals surface area contributed by atoms with Crippen molar-refractivity contribution in [3.8, 4) is 0 Å². The maximum Gasteiger partial charge on any atom is 0.172 e. The smallest absolute Gasteiger partial charge is 0.172 e. The number of aldehydes is 1. The van der Waals surface area contributed by atoms with Crippen LogP contribution in [0.5, 0.6) is 0 Å². The molecule has 0 fully saturated rings. The highest BCUT2D eigenvalue weighted by molar-refractivity contribution is 5.73. The van der Waals surface area contributed by atoms with E-state index in [1.165, 1.54) is 0 Å². The van der Waals surface area contributed by atoms with E-state index < -0.39 is 0 Å². The molecule has 1 heterocycles. The maximum atomic E-state index is 10.6. The van der Waals surface area contributed by atoms with Crippen LogP contribution in [0.3, 0.4) is 0 Å². The third-order valence-corrected chi connectivity index (χ3v) is 1.76. The Bertz CT molecular complexity index is 315. The molecule has 4 heteroatoms. The summed E-state index contributed by atoms with van der Waals surface area (Å²) in [5.74, 6) is 0.246. The van der Waals surface area contributed by atoms with Crippen molar-refractivity contribution in [2.24, 2.45) is 0 Å². The molecule has 13 heavy (non-hydrogen) atoms. The lowest BCUT2D eigenvalue weighted by Crippen LogP contribution is -2.06. The van der Waals surface area contributed by atoms with Gasteiger partial charge in [-0.15, -0.1) is 11.7 Å². The molecule has 1 aromatic heterocycles. The zero-order valence-corrected chi connectivity index (χ0v) is 7.90. The van der Waals surface area contributed by atoms with E-state index in [1.807, 2.05) is 13.8 Å². The van der Waals surface area contributed by atoms with Gasteiger partial charge in [0.15, 0.2) is 6.29 Å². The van der Waals surface area contributed by atoms with Gasteiger partial charge in [-0.25, -0.2) is 4.68 Å². The van der Waals surface area contributed by atoms with Crippen molar-refractivity contribution in [2.75, 3.05) is 0 Å². The van der Waals surface area contributed by atoms with E-state index >= 15 is 0 Å². The highest BCUT2D eigenvalue weighted by Crippen LogP contribution is 2.15. The summed E-state index contributed by atoms with van der Waals surface area (Å²) in [6.45, 7) is 8.22. The number of aromatic nitrogens is 3. The first kappa shape index (κ1) is 9.64. The summed E-state index contributed by atoms with van der Waals surface area (Å²) in [6.07, 6.45) is 2.47. The average Bonchev–Trinajstić information content (AvgIpc) is 2.48. The van der Waals surface area contributed by atoms with E-state index in [0.29, 0.717) is 12.2 Å². The summed E-state index contributed by atoms with van der Waals surface area (Å²) in [7, 11) is 0. The monoisotopic (exact) mass is 179 g/mol. The second kappa shape index (κ2) is 3.98. The minimum atomic E-state index is 0.246. The van der Waals surface area contributed by atoms with Gasteiger partial charge in [-0.1, -0.05) is 25.1 Å². The Labute approximate surface area is 77.3 Å². The fourth-order valence-electron chi connectivity index (χ4n) is 1.27. The zero-order valence-electron chi connectivity index (χ0n) is 7.90. The number of carbonyl (C=O) groups excluding carboxylic acids is 1. The molecule has 0 atom stereocenters. The predicted molar refractivity (Wildman–Crippen MR) is 49.7 cm³/mol. The molecule has 0 aliphatic rings. The topological polar surface area (TPSA) is 47.8 Å². The Kier molecular flexibility index (Phi) is 2.95. The molecule has 0 saturated carbocycles. The number of allylic oxidation sites excluding steroid dienone is 1. The number of nitrogens with zero attached hydrogens (tertiary/aromatic N) is 3. The largest absolute Gasteiger partial charge is 0.296 e. The third-order valence-electron chi connectivity index (χ3n) is 1.76. The fourth-order valence-corrected chi connectivity index (χ4v) is 1.27. The van der Waals surface area contributed by atoms with Gasteiger partial charge in [0, 0.05) is 0 Å². The lowest BCUT2D eigenvalue weighted by atomic mass is 10.1. The molecular formula is C9H13N3O. The summed E-state index contributed by atoms with van der Waals surface area (Å²) >= 11 is 0. The number of carbonyl (C=O) groups is 1. The van der Waals surface area contributed by atoms with Crippen LogP contribution in [-0.4, -0.2) is 21.3 Å². The van der Waals surface area contributed by atoms with E-state index in [1.54, 1.807) is 10.8 Å². The quantitative estimate of drug-likeness (QED) is 0.518. The molecule has 0 N–H and O–H groups in total. The zero-order chi connectivity index (χ0) is 9.84. The van der Waals surface area contributed by atoms with Crippen LogP contribution in [0.15, 0.2) is 12.7 Å². The third kappa shape index (κ3) is 1.83. The normalized spacial score (nSPS) is 10.4. The summed E-state index contributed by atoms with van der Waals surface area (Å²) in [6, 6.07) is 0. The van der Waals surface area contributed by atoms with Gasteiger partial charge in [0.05, 0.1) is 12.2 Å². The molecule has 0 bridgehead atoms. The van der Waals surface area contributed by atoms with Crippen molar-refractivity contribution in [3.63, 3.8) is 0 Å². The van der Waals surface area contributed by atoms with Crippen LogP contribution in [0.25, 0.3) is 0 Å². The molecule has 1 rings (SSSR count). The molecule has 1 aromatic rings. The number of rotatable bonds is 4. The average molecular weight is 179 g/mol. The minimum Gasteiger partial charge on any atom is -0.296 e. The molecule has 4 nitrogen and oxygen atoms in total. The Morgan fingerprint density at radius 2 is 2.31 bits per heavy atom. The Balaban J connectivity index is 3.12. The fraction of sp³-hybridized carbons (Fsp3) is 0.444. The lowest BCUT2D eigenvalue weighted by molar-refractivity contribution is 0.111. The van der Waals surface area contributed by atoms with Crippen LogP contribution >= 0.6 is 0 Å². The van der Waals surface area contributed by atoms with Gasteiger partial charge >= 0.3 is 0 Å². The van der Waals surface area contributed by atoms with Crippen LogP contribution < -0.4 is 0 Å². The Morgan fingerprint density at radius 1 is 1.62 bits per heavy atom. The standard InChI is InChI=1S/C9H13N3O/c1-4-5-12-9(7(2)3)8(6-13)10-11-12/h4,6-7H,1,5H2,2-3H3. The van der Waals surface area contributed by atoms with Crippen LogP contribution in [-0.2, 0) is 6.54 Å². The van der Waals surface area contributed by atoms with E-state index in [2.05, 4.69) is 16.9 Å². The molecule has 0 aliphatic heterocycles. The SMILES string of the molecule is C=CCn1nnc(C=O)c1C(C)C. The van der Waals surface area contributed by atoms with Crippen molar-refractivity contribution in [1.82, 2.24) is 15.0 Å². The van der Waals surface area contributed by atoms with E-state index in [0.717, 1.165) is 12.0 Å². The predicted octanol–water partition coefficient (Wildman–Crippen LogP) is 1.40. The molecule has 0 amide bonds. The molecule has 0 unspecified atom stereocenters. The van der Waals surface area contributed by atoms with Crippen LogP contribution in [0.2, 0.25) is 0 Å². The Hall–Kier alpha value is -1.45. The van der Waals surface area contributed by atoms with Crippen LogP contribution in [0.1, 0.15) is 35.9 Å². The van der Waals surface area contributed by atoms with Crippen molar-refractivity contribution in [3.05, 3.63) is 24.0 Å². The summed E-state index contributed by atoms with van der Waals surface area (Å²) in [5.41, 5.74) is 1.30. The molecule has 70 valence electrons. The van der Waals surface area contributed by atoms with Crippen molar-refractivity contribution >= 4 is 6.29 Å². The molecule has 0 aliphatic carbocycles. The van der Waals surface area contributed by atoms with Crippen molar-refractivity contribution < 1.29 is 4.79 Å². The highest BCUT2D eigenvalue weighted by Gasteiger charge is 2.14. The highest BCUT2D eigenvalue weighted by atomic mass is 16.1. The molecule has 0 aromatic carbocycles. The summed E-state index contributed by atoms with van der Waals surface area (Å²) < 4.78 is 1.70. The molecule has 0 spiro atoms. The van der Waals surface area contributed by atoms with Gasteiger partial charge in [0.2, 0.25) is 0 Å². The number of hydrogen-bond donors (Lipinski definition) is 0. The maximum absolute atomic E-state index is 10.6. The molecule has 0 saturated heterocycles. The lowest BCUT2D eigenvalue weighted by Gasteiger charge is -2.06. The van der Waals surface area contributed by atoms with Gasteiger partial charge < -0.3 is 0 Å². The second-order valence-electron chi connectivity index (χ2n) is 3.10. The molecule has 0 radical (unpaired) electrons. The van der Waals surface area contributed by atoms with Gasteiger partial charge in [-0.3, -0.25) is 4.79 Å². The van der Waals surface area contributed by atoms with Crippen LogP contribution in [0, 0.1) is 0 Å². The number of hydrogen-bond acceptors (Lipinski definition) is 3. The van der Waals surface area contributed by atoms with Crippen LogP contribution in [0.4, 0.5) is 0 Å².